The average Bonchev–Trinajstić information content (AvgIpc) is 3.07. The van der Waals surface area contributed by atoms with Gasteiger partial charge < -0.3 is 15.0 Å². The molecule has 2 N–H and O–H groups in total. The number of para-hydroxylation sites is 1. The van der Waals surface area contributed by atoms with Crippen molar-refractivity contribution in [3.8, 4) is 0 Å². The lowest BCUT2D eigenvalue weighted by atomic mass is 10.1. The van der Waals surface area contributed by atoms with E-state index >= 15 is 0 Å². The van der Waals surface area contributed by atoms with Crippen molar-refractivity contribution in [3.63, 3.8) is 0 Å². The number of amides is 1. The number of anilines is 1. The molecule has 0 spiro atoms. The van der Waals surface area contributed by atoms with E-state index in [1.807, 2.05) is 54.0 Å². The summed E-state index contributed by atoms with van der Waals surface area (Å²) in [5.74, 6) is -1.44. The summed E-state index contributed by atoms with van der Waals surface area (Å²) < 4.78 is 1.97. The summed E-state index contributed by atoms with van der Waals surface area (Å²) in [6.07, 6.45) is 3.52. The van der Waals surface area contributed by atoms with Gasteiger partial charge in [0.1, 0.15) is 0 Å². The molecule has 6 heteroatoms. The molecule has 0 saturated carbocycles. The largest absolute Gasteiger partial charge is 0.478 e. The van der Waals surface area contributed by atoms with E-state index in [4.69, 9.17) is 0 Å². The smallest absolute Gasteiger partial charge is 0.337 e. The van der Waals surface area contributed by atoms with E-state index in [-0.39, 0.29) is 17.2 Å². The van der Waals surface area contributed by atoms with Gasteiger partial charge in [0.15, 0.2) is 0 Å². The number of nitrogens with zero attached hydrogens (tertiary/aromatic N) is 2. The lowest BCUT2D eigenvalue weighted by molar-refractivity contribution is 0.0698. The highest BCUT2D eigenvalue weighted by molar-refractivity contribution is 6.14. The third-order valence-corrected chi connectivity index (χ3v) is 4.75. The zero-order chi connectivity index (χ0) is 20.4. The third kappa shape index (κ3) is 3.73. The first kappa shape index (κ1) is 18.4. The Kier molecular flexibility index (Phi) is 4.83. The Morgan fingerprint density at radius 1 is 1.03 bits per heavy atom. The summed E-state index contributed by atoms with van der Waals surface area (Å²) in [5.41, 5.74) is 3.47. The Hall–Kier alpha value is -3.93. The van der Waals surface area contributed by atoms with Crippen LogP contribution < -0.4 is 5.32 Å². The fraction of sp³-hybridized carbons (Fsp3) is 0.0870. The number of carbonyl (C=O) groups excluding carboxylic acids is 1. The second-order valence-corrected chi connectivity index (χ2v) is 6.82. The van der Waals surface area contributed by atoms with Crippen LogP contribution >= 0.6 is 0 Å². The standard InChI is InChI=1S/C23H19N3O3/c1-15-9-10-18(23(28)29)20(12-15)25-22(27)19-14-26(13-16-6-4-5-11-24-16)21-8-3-2-7-17(19)21/h2-12,14H,13H2,1H3,(H,25,27)(H,28,29). The maximum absolute atomic E-state index is 13.0. The minimum Gasteiger partial charge on any atom is -0.478 e. The Bertz CT molecular complexity index is 1210. The van der Waals surface area contributed by atoms with Crippen LogP contribution in [0.3, 0.4) is 0 Å². The van der Waals surface area contributed by atoms with Crippen LogP contribution in [0.1, 0.15) is 32.0 Å². The van der Waals surface area contributed by atoms with E-state index in [0.717, 1.165) is 22.2 Å². The molecule has 2 heterocycles. The van der Waals surface area contributed by atoms with Crippen molar-refractivity contribution in [1.29, 1.82) is 0 Å². The van der Waals surface area contributed by atoms with E-state index in [0.29, 0.717) is 12.1 Å². The van der Waals surface area contributed by atoms with Gasteiger partial charge in [-0.3, -0.25) is 9.78 Å². The molecule has 144 valence electrons. The van der Waals surface area contributed by atoms with Gasteiger partial charge in [0.2, 0.25) is 0 Å². The normalized spacial score (nSPS) is 10.8. The summed E-state index contributed by atoms with van der Waals surface area (Å²) in [6.45, 7) is 2.37. The van der Waals surface area contributed by atoms with Crippen molar-refractivity contribution >= 4 is 28.5 Å². The van der Waals surface area contributed by atoms with Crippen LogP contribution in [0.25, 0.3) is 10.9 Å². The van der Waals surface area contributed by atoms with Gasteiger partial charge in [-0.2, -0.15) is 0 Å². The topological polar surface area (TPSA) is 84.2 Å². The van der Waals surface area contributed by atoms with Gasteiger partial charge in [-0.25, -0.2) is 4.79 Å². The number of carboxylic acid groups (broad SMARTS) is 1. The molecule has 2 aromatic carbocycles. The van der Waals surface area contributed by atoms with Gasteiger partial charge in [-0.1, -0.05) is 30.3 Å². The zero-order valence-electron chi connectivity index (χ0n) is 15.8. The summed E-state index contributed by atoms with van der Waals surface area (Å²) >= 11 is 0. The Labute approximate surface area is 167 Å². The molecule has 4 rings (SSSR count). The number of pyridine rings is 1. The molecule has 4 aromatic rings. The van der Waals surface area contributed by atoms with Crippen molar-refractivity contribution in [1.82, 2.24) is 9.55 Å². The van der Waals surface area contributed by atoms with Crippen LogP contribution in [0.4, 0.5) is 5.69 Å². The van der Waals surface area contributed by atoms with Crippen molar-refractivity contribution in [2.45, 2.75) is 13.5 Å². The van der Waals surface area contributed by atoms with E-state index in [1.54, 1.807) is 24.5 Å². The lowest BCUT2D eigenvalue weighted by Gasteiger charge is -2.09. The van der Waals surface area contributed by atoms with Crippen LogP contribution in [0.15, 0.2) is 73.1 Å². The molecular weight excluding hydrogens is 366 g/mol. The number of carboxylic acids is 1. The number of aromatic nitrogens is 2. The highest BCUT2D eigenvalue weighted by Crippen LogP contribution is 2.25. The van der Waals surface area contributed by atoms with Gasteiger partial charge in [-0.05, 0) is 42.8 Å². The number of hydrogen-bond acceptors (Lipinski definition) is 3. The number of nitrogens with one attached hydrogen (secondary N) is 1. The first-order chi connectivity index (χ1) is 14.0. The average molecular weight is 385 g/mol. The maximum atomic E-state index is 13.0. The molecule has 0 saturated heterocycles. The van der Waals surface area contributed by atoms with Crippen LogP contribution in [0.2, 0.25) is 0 Å². The monoisotopic (exact) mass is 385 g/mol. The number of hydrogen-bond donors (Lipinski definition) is 2. The summed E-state index contributed by atoms with van der Waals surface area (Å²) in [7, 11) is 0. The number of carbonyl (C=O) groups is 2. The molecule has 0 fully saturated rings. The minimum atomic E-state index is -1.09. The molecule has 0 bridgehead atoms. The van der Waals surface area contributed by atoms with Crippen LogP contribution in [-0.2, 0) is 6.54 Å². The molecule has 2 aromatic heterocycles. The Morgan fingerprint density at radius 2 is 1.83 bits per heavy atom. The van der Waals surface area contributed by atoms with E-state index < -0.39 is 5.97 Å². The highest BCUT2D eigenvalue weighted by Gasteiger charge is 2.18. The van der Waals surface area contributed by atoms with E-state index in [9.17, 15) is 14.7 Å². The van der Waals surface area contributed by atoms with Crippen molar-refractivity contribution < 1.29 is 14.7 Å². The molecular formula is C23H19N3O3. The van der Waals surface area contributed by atoms with Gasteiger partial charge in [0.05, 0.1) is 29.1 Å². The van der Waals surface area contributed by atoms with Crippen LogP contribution in [0.5, 0.6) is 0 Å². The molecule has 1 amide bonds. The number of fused-ring (bicyclic) bond motifs is 1. The molecule has 0 aliphatic rings. The van der Waals surface area contributed by atoms with Crippen molar-refractivity contribution in [3.05, 3.63) is 95.4 Å². The number of aromatic carboxylic acids is 1. The van der Waals surface area contributed by atoms with Crippen LogP contribution in [-0.4, -0.2) is 26.5 Å². The molecule has 6 nitrogen and oxygen atoms in total. The Balaban J connectivity index is 1.72. The van der Waals surface area contributed by atoms with E-state index in [2.05, 4.69) is 10.3 Å². The molecule has 0 aliphatic heterocycles. The number of rotatable bonds is 5. The lowest BCUT2D eigenvalue weighted by Crippen LogP contribution is -2.15. The molecule has 0 radical (unpaired) electrons. The predicted octanol–water partition coefficient (Wildman–Crippen LogP) is 4.34. The summed E-state index contributed by atoms with van der Waals surface area (Å²) in [6, 6.07) is 18.2. The number of aryl methyl sites for hydroxylation is 1. The van der Waals surface area contributed by atoms with Gasteiger partial charge in [0, 0.05) is 23.3 Å². The first-order valence-electron chi connectivity index (χ1n) is 9.16. The predicted molar refractivity (Wildman–Crippen MR) is 111 cm³/mol. The SMILES string of the molecule is Cc1ccc(C(=O)O)c(NC(=O)c2cn(Cc3ccccn3)c3ccccc23)c1. The second kappa shape index (κ2) is 7.59. The molecule has 0 atom stereocenters. The minimum absolute atomic E-state index is 0.0566. The highest BCUT2D eigenvalue weighted by atomic mass is 16.4. The molecule has 0 unspecified atom stereocenters. The fourth-order valence-corrected chi connectivity index (χ4v) is 3.36. The fourth-order valence-electron chi connectivity index (χ4n) is 3.36. The maximum Gasteiger partial charge on any atom is 0.337 e. The third-order valence-electron chi connectivity index (χ3n) is 4.75. The van der Waals surface area contributed by atoms with Gasteiger partial charge in [-0.15, -0.1) is 0 Å². The molecule has 29 heavy (non-hydrogen) atoms. The quantitative estimate of drug-likeness (QED) is 0.535. The van der Waals surface area contributed by atoms with Crippen molar-refractivity contribution in [2.75, 3.05) is 5.32 Å². The first-order valence-corrected chi connectivity index (χ1v) is 9.16. The number of benzene rings is 2. The van der Waals surface area contributed by atoms with Gasteiger partial charge in [0.25, 0.3) is 5.91 Å². The van der Waals surface area contributed by atoms with Gasteiger partial charge >= 0.3 is 5.97 Å². The second-order valence-electron chi connectivity index (χ2n) is 6.82. The zero-order valence-corrected chi connectivity index (χ0v) is 15.8. The van der Waals surface area contributed by atoms with Crippen molar-refractivity contribution in [2.24, 2.45) is 0 Å². The molecule has 0 aliphatic carbocycles. The summed E-state index contributed by atoms with van der Waals surface area (Å²) in [4.78, 5) is 28.9. The van der Waals surface area contributed by atoms with Crippen LogP contribution in [0, 0.1) is 6.92 Å². The summed E-state index contributed by atoms with van der Waals surface area (Å²) in [5, 5.41) is 13.0. The van der Waals surface area contributed by atoms with E-state index in [1.165, 1.54) is 6.07 Å². The Morgan fingerprint density at radius 3 is 2.59 bits per heavy atom.